The van der Waals surface area contributed by atoms with Crippen molar-refractivity contribution in [1.29, 1.82) is 0 Å². The molecule has 192 valence electrons. The van der Waals surface area contributed by atoms with Gasteiger partial charge in [0.15, 0.2) is 0 Å². The monoisotopic (exact) mass is 500 g/mol. The fraction of sp³-hybridized carbons (Fsp3) is 0.310. The van der Waals surface area contributed by atoms with E-state index in [0.717, 1.165) is 28.7 Å². The first-order chi connectivity index (χ1) is 17.6. The highest BCUT2D eigenvalue weighted by Crippen LogP contribution is 2.26. The maximum Gasteiger partial charge on any atom is 0.335 e. The number of aromatic carboxylic acids is 1. The number of aromatic nitrogens is 1. The number of nitrogens with zero attached hydrogens (tertiary/aromatic N) is 2. The number of carboxylic acids is 1. The molecule has 1 saturated heterocycles. The lowest BCUT2D eigenvalue weighted by Gasteiger charge is -2.24. The van der Waals surface area contributed by atoms with Crippen LogP contribution in [0.3, 0.4) is 0 Å². The van der Waals surface area contributed by atoms with Crippen molar-refractivity contribution in [2.45, 2.75) is 52.5 Å². The largest absolute Gasteiger partial charge is 0.478 e. The summed E-state index contributed by atoms with van der Waals surface area (Å²) in [5.74, 6) is -0.456. The Morgan fingerprint density at radius 1 is 1.00 bits per heavy atom. The summed E-state index contributed by atoms with van der Waals surface area (Å²) in [6.07, 6.45) is 2.97. The van der Waals surface area contributed by atoms with Crippen molar-refractivity contribution in [1.82, 2.24) is 9.88 Å². The number of hydrogen-bond donors (Lipinski definition) is 3. The molecule has 0 saturated carbocycles. The lowest BCUT2D eigenvalue weighted by atomic mass is 9.98. The first kappa shape index (κ1) is 25.9. The Balaban J connectivity index is 1.41. The Morgan fingerprint density at radius 2 is 1.78 bits per heavy atom. The molecule has 37 heavy (non-hydrogen) atoms. The van der Waals surface area contributed by atoms with E-state index in [2.05, 4.69) is 29.5 Å². The maximum absolute atomic E-state index is 13.0. The van der Waals surface area contributed by atoms with Gasteiger partial charge < -0.3 is 20.6 Å². The smallest absolute Gasteiger partial charge is 0.335 e. The molecule has 1 fully saturated rings. The minimum Gasteiger partial charge on any atom is -0.478 e. The molecule has 2 aromatic carbocycles. The van der Waals surface area contributed by atoms with E-state index in [1.165, 1.54) is 5.56 Å². The number of pyridine rings is 1. The number of carbonyl (C=O) groups excluding carboxylic acids is 2. The first-order valence-corrected chi connectivity index (χ1v) is 12.4. The fourth-order valence-electron chi connectivity index (χ4n) is 4.84. The minimum atomic E-state index is -0.973. The Hall–Kier alpha value is -4.20. The van der Waals surface area contributed by atoms with Crippen LogP contribution in [-0.2, 0) is 4.79 Å². The van der Waals surface area contributed by atoms with Crippen LogP contribution in [-0.4, -0.2) is 45.5 Å². The maximum atomic E-state index is 13.0. The van der Waals surface area contributed by atoms with Crippen LogP contribution in [0.25, 0.3) is 11.1 Å². The summed E-state index contributed by atoms with van der Waals surface area (Å²) in [5.41, 5.74) is 5.79. The molecule has 1 aliphatic rings. The molecule has 0 spiro atoms. The number of urea groups is 1. The third kappa shape index (κ3) is 5.80. The van der Waals surface area contributed by atoms with Crippen LogP contribution in [0.4, 0.5) is 16.3 Å². The van der Waals surface area contributed by atoms with Crippen LogP contribution in [0.2, 0.25) is 0 Å². The van der Waals surface area contributed by atoms with Crippen LogP contribution >= 0.6 is 0 Å². The van der Waals surface area contributed by atoms with Gasteiger partial charge in [-0.15, -0.1) is 0 Å². The second kappa shape index (κ2) is 10.8. The standard InChI is InChI=1S/C29H32N4O4/c1-17(2)23-11-9-22(15-19(23)4)31-29(37)33-13-5-6-25(33)27(34)32-26-12-8-21(16-30-26)24-10-7-20(28(35)36)14-18(24)3/h7-12,14-17,25H,5-6,13H2,1-4H3,(H,31,37)(H,35,36)(H,30,32,34)/t25-/m1/s1. The summed E-state index contributed by atoms with van der Waals surface area (Å²) in [5, 5.41) is 14.9. The molecule has 1 aromatic heterocycles. The van der Waals surface area contributed by atoms with Crippen molar-refractivity contribution >= 4 is 29.4 Å². The van der Waals surface area contributed by atoms with E-state index in [1.54, 1.807) is 35.4 Å². The highest BCUT2D eigenvalue weighted by atomic mass is 16.4. The van der Waals surface area contributed by atoms with E-state index < -0.39 is 12.0 Å². The van der Waals surface area contributed by atoms with Crippen molar-refractivity contribution in [3.05, 3.63) is 77.0 Å². The first-order valence-electron chi connectivity index (χ1n) is 12.4. The van der Waals surface area contributed by atoms with Crippen LogP contribution in [0.1, 0.15) is 59.7 Å². The lowest BCUT2D eigenvalue weighted by molar-refractivity contribution is -0.119. The fourth-order valence-corrected chi connectivity index (χ4v) is 4.84. The molecular formula is C29H32N4O4. The predicted molar refractivity (Wildman–Crippen MR) is 144 cm³/mol. The van der Waals surface area contributed by atoms with Gasteiger partial charge in [0, 0.05) is 24.0 Å². The van der Waals surface area contributed by atoms with E-state index in [4.69, 9.17) is 5.11 Å². The molecule has 3 aromatic rings. The van der Waals surface area contributed by atoms with Crippen LogP contribution < -0.4 is 10.6 Å². The van der Waals surface area contributed by atoms with Crippen LogP contribution in [0.15, 0.2) is 54.7 Å². The van der Waals surface area contributed by atoms with E-state index in [9.17, 15) is 14.4 Å². The Kier molecular flexibility index (Phi) is 7.57. The number of likely N-dealkylation sites (tertiary alicyclic amines) is 1. The highest BCUT2D eigenvalue weighted by molar-refractivity contribution is 5.99. The third-order valence-electron chi connectivity index (χ3n) is 6.76. The number of carboxylic acid groups (broad SMARTS) is 1. The molecule has 1 aliphatic heterocycles. The van der Waals surface area contributed by atoms with Crippen molar-refractivity contribution in [2.24, 2.45) is 0 Å². The quantitative estimate of drug-likeness (QED) is 0.395. The summed E-state index contributed by atoms with van der Waals surface area (Å²) in [6, 6.07) is 13.5. The SMILES string of the molecule is Cc1cc(C(=O)O)ccc1-c1ccc(NC(=O)[C@H]2CCCN2C(=O)Nc2ccc(C(C)C)c(C)c2)nc1. The zero-order valence-corrected chi connectivity index (χ0v) is 21.5. The van der Waals surface area contributed by atoms with Crippen LogP contribution in [0.5, 0.6) is 0 Å². The minimum absolute atomic E-state index is 0.228. The van der Waals surface area contributed by atoms with E-state index >= 15 is 0 Å². The number of anilines is 2. The van der Waals surface area contributed by atoms with Gasteiger partial charge in [0.1, 0.15) is 11.9 Å². The Labute approximate surface area is 216 Å². The molecule has 8 heteroatoms. The summed E-state index contributed by atoms with van der Waals surface area (Å²) in [6.45, 7) is 8.65. The zero-order chi connectivity index (χ0) is 26.7. The number of amides is 3. The molecule has 3 amide bonds. The van der Waals surface area contributed by atoms with E-state index in [1.807, 2.05) is 38.1 Å². The van der Waals surface area contributed by atoms with Gasteiger partial charge in [0.2, 0.25) is 5.91 Å². The van der Waals surface area contributed by atoms with Crippen molar-refractivity contribution in [2.75, 3.05) is 17.2 Å². The number of aryl methyl sites for hydroxylation is 2. The number of carbonyl (C=O) groups is 3. The highest BCUT2D eigenvalue weighted by Gasteiger charge is 2.34. The van der Waals surface area contributed by atoms with Gasteiger partial charge in [-0.25, -0.2) is 14.6 Å². The molecule has 2 heterocycles. The van der Waals surface area contributed by atoms with Gasteiger partial charge in [0.05, 0.1) is 5.56 Å². The molecule has 0 radical (unpaired) electrons. The summed E-state index contributed by atoms with van der Waals surface area (Å²) < 4.78 is 0. The van der Waals surface area contributed by atoms with E-state index in [0.29, 0.717) is 30.4 Å². The average Bonchev–Trinajstić information content (AvgIpc) is 3.35. The molecule has 8 nitrogen and oxygen atoms in total. The topological polar surface area (TPSA) is 112 Å². The van der Waals surface area contributed by atoms with Gasteiger partial charge in [-0.05, 0) is 91.3 Å². The molecule has 0 aliphatic carbocycles. The van der Waals surface area contributed by atoms with Gasteiger partial charge in [-0.1, -0.05) is 26.0 Å². The average molecular weight is 501 g/mol. The molecule has 0 bridgehead atoms. The molecule has 1 atom stereocenters. The zero-order valence-electron chi connectivity index (χ0n) is 21.5. The predicted octanol–water partition coefficient (Wildman–Crippen LogP) is 5.82. The number of hydrogen-bond acceptors (Lipinski definition) is 4. The molecule has 0 unspecified atom stereocenters. The van der Waals surface area contributed by atoms with Crippen molar-refractivity contribution in [3.63, 3.8) is 0 Å². The van der Waals surface area contributed by atoms with Crippen LogP contribution in [0, 0.1) is 13.8 Å². The number of rotatable bonds is 6. The van der Waals surface area contributed by atoms with Crippen molar-refractivity contribution in [3.8, 4) is 11.1 Å². The molecule has 3 N–H and O–H groups in total. The summed E-state index contributed by atoms with van der Waals surface area (Å²) in [7, 11) is 0. The molecular weight excluding hydrogens is 468 g/mol. The van der Waals surface area contributed by atoms with E-state index in [-0.39, 0.29) is 17.5 Å². The van der Waals surface area contributed by atoms with Gasteiger partial charge in [0.25, 0.3) is 0 Å². The Morgan fingerprint density at radius 3 is 2.41 bits per heavy atom. The second-order valence-electron chi connectivity index (χ2n) is 9.76. The van der Waals surface area contributed by atoms with Gasteiger partial charge in [-0.3, -0.25) is 4.79 Å². The second-order valence-corrected chi connectivity index (χ2v) is 9.76. The number of benzene rings is 2. The normalized spacial score (nSPS) is 15.1. The Bertz CT molecular complexity index is 1330. The van der Waals surface area contributed by atoms with Gasteiger partial charge >= 0.3 is 12.0 Å². The number of nitrogens with one attached hydrogen (secondary N) is 2. The molecule has 4 rings (SSSR count). The third-order valence-corrected chi connectivity index (χ3v) is 6.76. The van der Waals surface area contributed by atoms with Crippen molar-refractivity contribution < 1.29 is 19.5 Å². The summed E-state index contributed by atoms with van der Waals surface area (Å²) >= 11 is 0. The lowest BCUT2D eigenvalue weighted by Crippen LogP contribution is -2.45. The van der Waals surface area contributed by atoms with Gasteiger partial charge in [-0.2, -0.15) is 0 Å². The summed E-state index contributed by atoms with van der Waals surface area (Å²) in [4.78, 5) is 43.2.